The van der Waals surface area contributed by atoms with E-state index in [1.165, 1.54) is 0 Å². The van der Waals surface area contributed by atoms with E-state index in [4.69, 9.17) is 19.2 Å². The maximum absolute atomic E-state index is 8.58. The van der Waals surface area contributed by atoms with Crippen LogP contribution in [0.4, 0.5) is 0 Å². The molecule has 0 aromatic rings. The molecular weight excluding hydrogens is 391 g/mol. The Morgan fingerprint density at radius 1 is 0.857 bits per heavy atom. The van der Waals surface area contributed by atoms with Crippen LogP contribution < -0.4 is 19.2 Å². The largest absolute Gasteiger partial charge is 4.00 e. The SMILES string of the molecule is [O-][Si]([O-])([O-])[O-].[Pb+2].[Zr+4]. The molecule has 0 aromatic heterocycles. The monoisotopic (exact) mass is 390 g/mol. The van der Waals surface area contributed by atoms with Gasteiger partial charge in [-0.2, -0.15) is 0 Å². The van der Waals surface area contributed by atoms with E-state index in [-0.39, 0.29) is 53.5 Å². The van der Waals surface area contributed by atoms with E-state index in [2.05, 4.69) is 0 Å². The minimum absolute atomic E-state index is 0. The normalized spacial score (nSPS) is 8.57. The van der Waals surface area contributed by atoms with Gasteiger partial charge in [-0.15, -0.1) is 0 Å². The van der Waals surface area contributed by atoms with Gasteiger partial charge in [-0.3, -0.25) is 0 Å². The fourth-order valence-electron chi connectivity index (χ4n) is 0. The summed E-state index contributed by atoms with van der Waals surface area (Å²) in [6, 6.07) is 0. The summed E-state index contributed by atoms with van der Waals surface area (Å²) in [6.07, 6.45) is 0. The van der Waals surface area contributed by atoms with Crippen LogP contribution >= 0.6 is 0 Å². The van der Waals surface area contributed by atoms with Crippen LogP contribution in [0, 0.1) is 0 Å². The second-order valence-electron chi connectivity index (χ2n) is 0.500. The first-order chi connectivity index (χ1) is 2.00. The molecule has 4 nitrogen and oxygen atoms in total. The molecule has 0 bridgehead atoms. The minimum atomic E-state index is -5.61. The van der Waals surface area contributed by atoms with E-state index in [1.807, 2.05) is 0 Å². The van der Waals surface area contributed by atoms with Crippen molar-refractivity contribution in [2.45, 2.75) is 0 Å². The summed E-state index contributed by atoms with van der Waals surface area (Å²) in [5.74, 6) is 0. The van der Waals surface area contributed by atoms with E-state index in [0.29, 0.717) is 0 Å². The molecule has 0 saturated carbocycles. The van der Waals surface area contributed by atoms with Crippen molar-refractivity contribution >= 4 is 36.3 Å². The molecule has 2 radical (unpaired) electrons. The molecule has 0 saturated heterocycles. The summed E-state index contributed by atoms with van der Waals surface area (Å²) in [5, 5.41) is 0. The molecule has 0 heterocycles. The van der Waals surface area contributed by atoms with Crippen molar-refractivity contribution < 1.29 is 45.4 Å². The predicted molar refractivity (Wildman–Crippen MR) is 11.5 cm³/mol. The first-order valence-corrected chi connectivity index (χ1v) is 2.45. The Morgan fingerprint density at radius 2 is 0.857 bits per heavy atom. The van der Waals surface area contributed by atoms with Gasteiger partial charge in [-0.05, 0) is 0 Å². The second-order valence-corrected chi connectivity index (χ2v) is 1.50. The third-order valence-corrected chi connectivity index (χ3v) is 0. The molecule has 0 spiro atoms. The third kappa shape index (κ3) is 77.9. The van der Waals surface area contributed by atoms with Crippen LogP contribution in [0.25, 0.3) is 0 Å². The van der Waals surface area contributed by atoms with Crippen LogP contribution in [0.3, 0.4) is 0 Å². The Morgan fingerprint density at radius 3 is 0.857 bits per heavy atom. The molecule has 0 unspecified atom stereocenters. The van der Waals surface area contributed by atoms with Crippen molar-refractivity contribution in [3.05, 3.63) is 0 Å². The zero-order valence-corrected chi connectivity index (χ0v) is 10.5. The maximum Gasteiger partial charge on any atom is 4.00 e. The van der Waals surface area contributed by atoms with Crippen LogP contribution in [-0.4, -0.2) is 36.3 Å². The number of hydrogen-bond donors (Lipinski definition) is 0. The molecule has 0 aliphatic carbocycles. The molecule has 0 N–H and O–H groups in total. The molecule has 0 rings (SSSR count). The van der Waals surface area contributed by atoms with Gasteiger partial charge < -0.3 is 28.2 Å². The first kappa shape index (κ1) is 15.9. The van der Waals surface area contributed by atoms with Crippen LogP contribution in [-0.2, 0) is 26.2 Å². The Labute approximate surface area is 81.0 Å². The summed E-state index contributed by atoms with van der Waals surface area (Å²) in [4.78, 5) is 34.3. The average Bonchev–Trinajstić information content (AvgIpc) is 0.722. The topological polar surface area (TPSA) is 92.2 Å². The minimum Gasteiger partial charge on any atom is -0.894 e. The second kappa shape index (κ2) is 5.99. The van der Waals surface area contributed by atoms with Gasteiger partial charge in [0.15, 0.2) is 0 Å². The average molecular weight is 391 g/mol. The molecule has 0 atom stereocenters. The van der Waals surface area contributed by atoms with Crippen molar-refractivity contribution in [3.63, 3.8) is 0 Å². The molecular formula is O4PbSiZr+2. The Kier molecular flexibility index (Phi) is 13.6. The molecule has 0 aliphatic rings. The van der Waals surface area contributed by atoms with Gasteiger partial charge in [0.2, 0.25) is 0 Å². The van der Waals surface area contributed by atoms with Gasteiger partial charge in [0.05, 0.1) is 0 Å². The quantitative estimate of drug-likeness (QED) is 0.386. The van der Waals surface area contributed by atoms with Crippen molar-refractivity contribution in [1.82, 2.24) is 0 Å². The number of rotatable bonds is 0. The van der Waals surface area contributed by atoms with Crippen molar-refractivity contribution in [2.24, 2.45) is 0 Å². The van der Waals surface area contributed by atoms with Crippen LogP contribution in [0.1, 0.15) is 0 Å². The third-order valence-electron chi connectivity index (χ3n) is 0. The molecule has 7 heavy (non-hydrogen) atoms. The molecule has 0 aliphatic heterocycles. The fourth-order valence-corrected chi connectivity index (χ4v) is 0. The number of hydrogen-bond acceptors (Lipinski definition) is 4. The van der Waals surface area contributed by atoms with Gasteiger partial charge in [-0.1, -0.05) is 0 Å². The van der Waals surface area contributed by atoms with E-state index >= 15 is 0 Å². The van der Waals surface area contributed by atoms with Crippen molar-refractivity contribution in [1.29, 1.82) is 0 Å². The summed E-state index contributed by atoms with van der Waals surface area (Å²) in [7, 11) is -5.61. The van der Waals surface area contributed by atoms with Gasteiger partial charge in [-0.25, -0.2) is 0 Å². The molecule has 0 aromatic carbocycles. The van der Waals surface area contributed by atoms with Gasteiger partial charge in [0.25, 0.3) is 0 Å². The zero-order valence-electron chi connectivity index (χ0n) is 3.13. The first-order valence-electron chi connectivity index (χ1n) is 0.816. The summed E-state index contributed by atoms with van der Waals surface area (Å²) in [6.45, 7) is 0. The Hall–Kier alpha value is 1.86. The molecule has 0 amide bonds. The van der Waals surface area contributed by atoms with Crippen LogP contribution in [0.15, 0.2) is 0 Å². The van der Waals surface area contributed by atoms with Gasteiger partial charge in [0.1, 0.15) is 0 Å². The van der Waals surface area contributed by atoms with Crippen LogP contribution in [0.2, 0.25) is 0 Å². The summed E-state index contributed by atoms with van der Waals surface area (Å²) < 4.78 is 0. The van der Waals surface area contributed by atoms with E-state index in [1.54, 1.807) is 0 Å². The Bertz CT molecular complexity index is 27.2. The maximum atomic E-state index is 8.58. The van der Waals surface area contributed by atoms with Gasteiger partial charge >= 0.3 is 53.5 Å². The van der Waals surface area contributed by atoms with E-state index in [0.717, 1.165) is 0 Å². The van der Waals surface area contributed by atoms with Gasteiger partial charge in [0, 0.05) is 0 Å². The van der Waals surface area contributed by atoms with Crippen molar-refractivity contribution in [2.75, 3.05) is 0 Å². The fraction of sp³-hybridized carbons (Fsp3) is 0. The smallest absolute Gasteiger partial charge is 0.894 e. The van der Waals surface area contributed by atoms with E-state index < -0.39 is 9.05 Å². The molecule has 34 valence electrons. The molecule has 0 fully saturated rings. The predicted octanol–water partition coefficient (Wildman–Crippen LogP) is -5.52. The van der Waals surface area contributed by atoms with E-state index in [9.17, 15) is 0 Å². The summed E-state index contributed by atoms with van der Waals surface area (Å²) in [5.41, 5.74) is 0. The standard InChI is InChI=1S/O4Si.Pb.Zr/c1-5(2,3)4;;/q-4;+2;+4. The zero-order chi connectivity index (χ0) is 4.50. The Balaban J connectivity index is -0.0000000800. The molecule has 7 heteroatoms. The van der Waals surface area contributed by atoms with Crippen molar-refractivity contribution in [3.8, 4) is 0 Å². The van der Waals surface area contributed by atoms with Crippen LogP contribution in [0.5, 0.6) is 0 Å². The summed E-state index contributed by atoms with van der Waals surface area (Å²) >= 11 is 0.